The summed E-state index contributed by atoms with van der Waals surface area (Å²) in [5, 5.41) is 8.11. The summed E-state index contributed by atoms with van der Waals surface area (Å²) < 4.78 is 29.2. The van der Waals surface area contributed by atoms with Gasteiger partial charge in [-0.25, -0.2) is 13.8 Å². The van der Waals surface area contributed by atoms with E-state index in [9.17, 15) is 13.6 Å². The van der Waals surface area contributed by atoms with Gasteiger partial charge < -0.3 is 9.80 Å². The number of carbonyl (C=O) groups excluding carboxylic acids is 1. The summed E-state index contributed by atoms with van der Waals surface area (Å²) in [6.45, 7) is 7.48. The minimum Gasteiger partial charge on any atom is -0.356 e. The number of rotatable bonds is 4. The molecule has 0 N–H and O–H groups in total. The number of anilines is 1. The maximum atomic E-state index is 14.7. The second-order valence-electron chi connectivity index (χ2n) is 9.45. The van der Waals surface area contributed by atoms with Gasteiger partial charge in [-0.3, -0.25) is 4.79 Å². The molecule has 0 aliphatic carbocycles. The molecule has 3 aromatic rings. The first kappa shape index (κ1) is 21.5. The molecule has 7 nitrogen and oxygen atoms in total. The number of carbonyl (C=O) groups is 1. The van der Waals surface area contributed by atoms with Crippen molar-refractivity contribution in [3.63, 3.8) is 0 Å². The van der Waals surface area contributed by atoms with Crippen LogP contribution in [0.3, 0.4) is 0 Å². The van der Waals surface area contributed by atoms with Crippen molar-refractivity contribution in [1.82, 2.24) is 24.9 Å². The Morgan fingerprint density at radius 3 is 2.36 bits per heavy atom. The topological polar surface area (TPSA) is 67.2 Å². The van der Waals surface area contributed by atoms with Gasteiger partial charge in [0.15, 0.2) is 0 Å². The Bertz CT molecular complexity index is 1180. The van der Waals surface area contributed by atoms with Gasteiger partial charge in [-0.2, -0.15) is 15.0 Å². The molecule has 2 aromatic heterocycles. The second-order valence-corrected chi connectivity index (χ2v) is 9.45. The Labute approximate surface area is 191 Å². The number of alkyl halides is 1. The lowest BCUT2D eigenvalue weighted by Crippen LogP contribution is -2.34. The van der Waals surface area contributed by atoms with Crippen molar-refractivity contribution < 1.29 is 13.6 Å². The van der Waals surface area contributed by atoms with Crippen LogP contribution in [0.15, 0.2) is 42.7 Å². The Hall–Kier alpha value is -3.36. The number of benzene rings is 1. The van der Waals surface area contributed by atoms with Crippen molar-refractivity contribution in [2.24, 2.45) is 11.8 Å². The molecule has 2 aliphatic rings. The average molecular weight is 453 g/mol. The lowest BCUT2D eigenvalue weighted by Gasteiger charge is -2.25. The van der Waals surface area contributed by atoms with Gasteiger partial charge in [0.2, 0.25) is 0 Å². The number of halogens is 2. The zero-order chi connectivity index (χ0) is 23.3. The molecule has 1 amide bonds. The molecule has 2 atom stereocenters. The zero-order valence-corrected chi connectivity index (χ0v) is 18.9. The Morgan fingerprint density at radius 2 is 1.73 bits per heavy atom. The second kappa shape index (κ2) is 7.90. The van der Waals surface area contributed by atoms with Crippen LogP contribution < -0.4 is 4.90 Å². The fourth-order valence-electron chi connectivity index (χ4n) is 4.85. The number of nitrogens with zero attached hydrogens (tertiary/aromatic N) is 6. The molecule has 2 unspecified atom stereocenters. The first-order chi connectivity index (χ1) is 15.7. The maximum absolute atomic E-state index is 14.7. The molecular weight excluding hydrogens is 426 g/mol. The van der Waals surface area contributed by atoms with Crippen molar-refractivity contribution in [2.75, 3.05) is 31.1 Å². The number of aromatic nitrogens is 4. The van der Waals surface area contributed by atoms with Crippen LogP contribution in [0.5, 0.6) is 0 Å². The largest absolute Gasteiger partial charge is 0.356 e. The van der Waals surface area contributed by atoms with E-state index in [0.717, 1.165) is 24.5 Å². The summed E-state index contributed by atoms with van der Waals surface area (Å²) in [6.07, 6.45) is 2.98. The molecule has 2 saturated heterocycles. The lowest BCUT2D eigenvalue weighted by atomic mass is 10.0. The molecule has 33 heavy (non-hydrogen) atoms. The number of amides is 1. The third-order valence-electron chi connectivity index (χ3n) is 6.50. The van der Waals surface area contributed by atoms with E-state index in [1.54, 1.807) is 23.1 Å². The summed E-state index contributed by atoms with van der Waals surface area (Å²) in [6, 6.07) is 8.22. The van der Waals surface area contributed by atoms with E-state index in [1.807, 2.05) is 13.0 Å². The molecule has 0 saturated carbocycles. The fourth-order valence-corrected chi connectivity index (χ4v) is 4.85. The molecule has 5 rings (SSSR count). The van der Waals surface area contributed by atoms with Crippen LogP contribution in [0.2, 0.25) is 0 Å². The number of likely N-dealkylation sites (tertiary alicyclic amines) is 1. The zero-order valence-electron chi connectivity index (χ0n) is 18.9. The minimum atomic E-state index is -1.51. The van der Waals surface area contributed by atoms with E-state index in [0.29, 0.717) is 24.5 Å². The Kier molecular flexibility index (Phi) is 5.14. The van der Waals surface area contributed by atoms with Crippen LogP contribution >= 0.6 is 0 Å². The number of fused-ring (bicyclic) bond motifs is 1. The SMILES string of the molecule is Cc1cc(N2CC3CN(C(=O)c4c(F)cccc4-n4nccn4)CC3C2)nc(C(C)(C)F)c1. The van der Waals surface area contributed by atoms with Crippen molar-refractivity contribution >= 4 is 11.7 Å². The summed E-state index contributed by atoms with van der Waals surface area (Å²) in [7, 11) is 0. The minimum absolute atomic E-state index is 0.0132. The van der Waals surface area contributed by atoms with E-state index >= 15 is 0 Å². The van der Waals surface area contributed by atoms with Crippen LogP contribution in [0, 0.1) is 24.6 Å². The van der Waals surface area contributed by atoms with Crippen molar-refractivity contribution in [3.8, 4) is 5.69 Å². The number of pyridine rings is 1. The van der Waals surface area contributed by atoms with Crippen molar-refractivity contribution in [2.45, 2.75) is 26.4 Å². The summed E-state index contributed by atoms with van der Waals surface area (Å²) in [4.78, 5) is 23.0. The van der Waals surface area contributed by atoms with E-state index in [4.69, 9.17) is 0 Å². The quantitative estimate of drug-likeness (QED) is 0.606. The van der Waals surface area contributed by atoms with E-state index < -0.39 is 11.5 Å². The molecule has 0 radical (unpaired) electrons. The summed E-state index contributed by atoms with van der Waals surface area (Å²) in [5.74, 6) is 0.326. The van der Waals surface area contributed by atoms with Gasteiger partial charge in [-0.15, -0.1) is 0 Å². The molecule has 2 aliphatic heterocycles. The smallest absolute Gasteiger partial charge is 0.259 e. The predicted molar refractivity (Wildman–Crippen MR) is 120 cm³/mol. The molecule has 1 aromatic carbocycles. The number of hydrogen-bond donors (Lipinski definition) is 0. The van der Waals surface area contributed by atoms with E-state index in [1.165, 1.54) is 37.1 Å². The van der Waals surface area contributed by atoms with Gasteiger partial charge >= 0.3 is 0 Å². The molecule has 9 heteroatoms. The van der Waals surface area contributed by atoms with Crippen LogP contribution in [0.25, 0.3) is 5.69 Å². The first-order valence-corrected chi connectivity index (χ1v) is 11.1. The standard InChI is InChI=1S/C24H26F2N6O/c1-15-9-20(24(2,3)26)29-21(10-15)30-11-16-13-31(14-17(16)12-30)23(33)22-18(25)5-4-6-19(22)32-27-7-8-28-32/h4-10,16-17H,11-14H2,1-3H3. The fraction of sp³-hybridized carbons (Fsp3) is 0.417. The highest BCUT2D eigenvalue weighted by Crippen LogP contribution is 2.36. The summed E-state index contributed by atoms with van der Waals surface area (Å²) in [5.41, 5.74) is 0.190. The number of hydrogen-bond acceptors (Lipinski definition) is 5. The number of aryl methyl sites for hydroxylation is 1. The normalized spacial score (nSPS) is 20.4. The van der Waals surface area contributed by atoms with Crippen LogP contribution in [-0.4, -0.2) is 57.0 Å². The van der Waals surface area contributed by atoms with Gasteiger partial charge in [0.05, 0.1) is 18.1 Å². The van der Waals surface area contributed by atoms with Crippen molar-refractivity contribution in [1.29, 1.82) is 0 Å². The van der Waals surface area contributed by atoms with Gasteiger partial charge in [-0.05, 0) is 50.6 Å². The third-order valence-corrected chi connectivity index (χ3v) is 6.50. The molecule has 2 fully saturated rings. The van der Waals surface area contributed by atoms with Crippen LogP contribution in [0.1, 0.15) is 35.5 Å². The Morgan fingerprint density at radius 1 is 1.06 bits per heavy atom. The van der Waals surface area contributed by atoms with Gasteiger partial charge in [0.1, 0.15) is 28.6 Å². The highest BCUT2D eigenvalue weighted by atomic mass is 19.1. The van der Waals surface area contributed by atoms with E-state index in [2.05, 4.69) is 20.1 Å². The maximum Gasteiger partial charge on any atom is 0.259 e. The van der Waals surface area contributed by atoms with Gasteiger partial charge in [0.25, 0.3) is 5.91 Å². The van der Waals surface area contributed by atoms with Gasteiger partial charge in [0, 0.05) is 38.0 Å². The van der Waals surface area contributed by atoms with Crippen LogP contribution in [0.4, 0.5) is 14.6 Å². The third kappa shape index (κ3) is 3.96. The van der Waals surface area contributed by atoms with Crippen LogP contribution in [-0.2, 0) is 5.67 Å². The molecule has 172 valence electrons. The predicted octanol–water partition coefficient (Wildman–Crippen LogP) is 3.52. The highest BCUT2D eigenvalue weighted by molar-refractivity contribution is 5.98. The molecule has 4 heterocycles. The van der Waals surface area contributed by atoms with E-state index in [-0.39, 0.29) is 23.3 Å². The summed E-state index contributed by atoms with van der Waals surface area (Å²) >= 11 is 0. The lowest BCUT2D eigenvalue weighted by molar-refractivity contribution is 0.0777. The Balaban J connectivity index is 1.34. The highest BCUT2D eigenvalue weighted by Gasteiger charge is 2.43. The monoisotopic (exact) mass is 452 g/mol. The molecule has 0 bridgehead atoms. The molecular formula is C24H26F2N6O. The van der Waals surface area contributed by atoms with Crippen molar-refractivity contribution in [3.05, 3.63) is 65.4 Å². The average Bonchev–Trinajstić information content (AvgIpc) is 3.48. The first-order valence-electron chi connectivity index (χ1n) is 11.1. The van der Waals surface area contributed by atoms with Gasteiger partial charge in [-0.1, -0.05) is 6.07 Å². The molecule has 0 spiro atoms.